The van der Waals surface area contributed by atoms with Gasteiger partial charge in [-0.3, -0.25) is 0 Å². The molecule has 0 saturated carbocycles. The van der Waals surface area contributed by atoms with Gasteiger partial charge in [0.05, 0.1) is 0 Å². The zero-order valence-electron chi connectivity index (χ0n) is 21.5. The minimum Gasteiger partial charge on any atom is -0.491 e. The maximum Gasteiger partial charge on any atom is 0.159 e. The predicted molar refractivity (Wildman–Crippen MR) is 145 cm³/mol. The summed E-state index contributed by atoms with van der Waals surface area (Å²) in [5, 5.41) is 0. The average molecular weight is 477 g/mol. The molecule has 1 heterocycles. The summed E-state index contributed by atoms with van der Waals surface area (Å²) in [4.78, 5) is 9.09. The third-order valence-electron chi connectivity index (χ3n) is 6.35. The molecule has 2 aromatic carbocycles. The van der Waals surface area contributed by atoms with E-state index in [-0.39, 0.29) is 6.61 Å². The van der Waals surface area contributed by atoms with E-state index >= 15 is 0 Å². The highest BCUT2D eigenvalue weighted by Gasteiger charge is 2.05. The Kier molecular flexibility index (Phi) is 11.7. The molecule has 0 aliphatic rings. The van der Waals surface area contributed by atoms with Crippen LogP contribution in [-0.4, -0.2) is 22.7 Å². The zero-order chi connectivity index (χ0) is 24.7. The van der Waals surface area contributed by atoms with E-state index in [9.17, 15) is 4.39 Å². The lowest BCUT2D eigenvalue weighted by atomic mass is 10.0. The number of hydrogen-bond acceptors (Lipinski definition) is 3. The van der Waals surface area contributed by atoms with Crippen LogP contribution in [0.15, 0.2) is 60.9 Å². The van der Waals surface area contributed by atoms with Gasteiger partial charge in [-0.2, -0.15) is 0 Å². The van der Waals surface area contributed by atoms with Gasteiger partial charge in [-0.15, -0.1) is 0 Å². The van der Waals surface area contributed by atoms with Gasteiger partial charge in [0.1, 0.15) is 18.5 Å². The first-order valence-electron chi connectivity index (χ1n) is 13.4. The maximum atomic E-state index is 12.9. The van der Waals surface area contributed by atoms with Crippen molar-refractivity contribution in [2.45, 2.75) is 90.6 Å². The molecule has 0 aliphatic heterocycles. The Balaban J connectivity index is 1.40. The van der Waals surface area contributed by atoms with Crippen molar-refractivity contribution >= 4 is 0 Å². The summed E-state index contributed by atoms with van der Waals surface area (Å²) in [6.07, 6.45) is 17.6. The second-order valence-electron chi connectivity index (χ2n) is 9.54. The molecule has 35 heavy (non-hydrogen) atoms. The van der Waals surface area contributed by atoms with E-state index in [1.54, 1.807) is 0 Å². The Hall–Kier alpha value is -2.75. The molecular weight excluding hydrogens is 435 g/mol. The zero-order valence-corrected chi connectivity index (χ0v) is 21.5. The largest absolute Gasteiger partial charge is 0.491 e. The monoisotopic (exact) mass is 476 g/mol. The lowest BCUT2D eigenvalue weighted by Gasteiger charge is -2.08. The summed E-state index contributed by atoms with van der Waals surface area (Å²) < 4.78 is 18.3. The minimum absolute atomic E-state index is 0.0581. The fourth-order valence-corrected chi connectivity index (χ4v) is 4.22. The van der Waals surface area contributed by atoms with Gasteiger partial charge in [0.2, 0.25) is 0 Å². The van der Waals surface area contributed by atoms with Crippen molar-refractivity contribution < 1.29 is 9.13 Å². The van der Waals surface area contributed by atoms with Gasteiger partial charge in [0.25, 0.3) is 0 Å². The van der Waals surface area contributed by atoms with E-state index < -0.39 is 6.17 Å². The van der Waals surface area contributed by atoms with Gasteiger partial charge in [0.15, 0.2) is 5.82 Å². The molecule has 188 valence electrons. The molecule has 1 unspecified atom stereocenters. The highest BCUT2D eigenvalue weighted by molar-refractivity contribution is 5.64. The molecule has 3 aromatic rings. The molecule has 3 nitrogen and oxygen atoms in total. The van der Waals surface area contributed by atoms with E-state index in [1.165, 1.54) is 76.7 Å². The van der Waals surface area contributed by atoms with Crippen LogP contribution in [0.3, 0.4) is 0 Å². The summed E-state index contributed by atoms with van der Waals surface area (Å²) in [5.74, 6) is 1.31. The first-order valence-corrected chi connectivity index (χ1v) is 13.4. The van der Waals surface area contributed by atoms with Gasteiger partial charge in [0, 0.05) is 23.5 Å². The number of aromatic nitrogens is 2. The molecule has 4 heteroatoms. The normalized spacial score (nSPS) is 12.0. The van der Waals surface area contributed by atoms with Crippen LogP contribution in [-0.2, 0) is 6.42 Å². The Morgan fingerprint density at radius 3 is 1.80 bits per heavy atom. The second-order valence-corrected chi connectivity index (χ2v) is 9.54. The van der Waals surface area contributed by atoms with Crippen molar-refractivity contribution in [3.8, 4) is 28.3 Å². The Morgan fingerprint density at radius 2 is 1.23 bits per heavy atom. The van der Waals surface area contributed by atoms with Gasteiger partial charge in [-0.1, -0.05) is 89.0 Å². The predicted octanol–water partition coefficient (Wildman–Crippen LogP) is 9.01. The quantitative estimate of drug-likeness (QED) is 0.193. The minimum atomic E-state index is -0.987. The Labute approximate surface area is 211 Å². The lowest BCUT2D eigenvalue weighted by molar-refractivity contribution is 0.210. The highest BCUT2D eigenvalue weighted by atomic mass is 19.1. The third kappa shape index (κ3) is 9.79. The summed E-state index contributed by atoms with van der Waals surface area (Å²) in [7, 11) is 0. The summed E-state index contributed by atoms with van der Waals surface area (Å²) >= 11 is 0. The van der Waals surface area contributed by atoms with Crippen LogP contribution in [0, 0.1) is 0 Å². The molecule has 0 amide bonds. The van der Waals surface area contributed by atoms with Crippen molar-refractivity contribution in [2.24, 2.45) is 0 Å². The third-order valence-corrected chi connectivity index (χ3v) is 6.35. The smallest absolute Gasteiger partial charge is 0.159 e. The standard InChI is InChI=1S/C31H41FN2O/c1-3-4-5-6-7-8-9-10-11-12-13-26-14-16-27(17-15-26)29-22-33-31(34-23-29)28-18-20-30(21-19-28)35-24-25(2)32/h14-23,25H,3-13,24H2,1-2H3. The number of ether oxygens (including phenoxy) is 1. The van der Waals surface area contributed by atoms with E-state index in [0.717, 1.165) is 23.1 Å². The Bertz CT molecular complexity index is 953. The number of rotatable bonds is 16. The number of halogens is 1. The molecule has 3 rings (SSSR count). The Morgan fingerprint density at radius 1 is 0.686 bits per heavy atom. The number of unbranched alkanes of at least 4 members (excludes halogenated alkanes) is 9. The van der Waals surface area contributed by atoms with Crippen molar-refractivity contribution in [3.63, 3.8) is 0 Å². The molecule has 0 aliphatic carbocycles. The first-order chi connectivity index (χ1) is 17.2. The lowest BCUT2D eigenvalue weighted by Crippen LogP contribution is -2.08. The molecule has 0 radical (unpaired) electrons. The maximum absolute atomic E-state index is 12.9. The molecule has 0 saturated heterocycles. The van der Waals surface area contributed by atoms with E-state index in [1.807, 2.05) is 36.7 Å². The first kappa shape index (κ1) is 26.8. The van der Waals surface area contributed by atoms with Crippen LogP contribution in [0.2, 0.25) is 0 Å². The molecule has 0 spiro atoms. The molecular formula is C31H41FN2O. The van der Waals surface area contributed by atoms with Crippen molar-refractivity contribution in [1.29, 1.82) is 0 Å². The fraction of sp³-hybridized carbons (Fsp3) is 0.484. The highest BCUT2D eigenvalue weighted by Crippen LogP contribution is 2.23. The van der Waals surface area contributed by atoms with E-state index in [2.05, 4.69) is 41.2 Å². The number of benzene rings is 2. The van der Waals surface area contributed by atoms with Crippen LogP contribution in [0.25, 0.3) is 22.5 Å². The van der Waals surface area contributed by atoms with Crippen molar-refractivity contribution in [3.05, 3.63) is 66.5 Å². The van der Waals surface area contributed by atoms with Crippen LogP contribution in [0.5, 0.6) is 5.75 Å². The average Bonchev–Trinajstić information content (AvgIpc) is 2.89. The van der Waals surface area contributed by atoms with Gasteiger partial charge >= 0.3 is 0 Å². The van der Waals surface area contributed by atoms with E-state index in [4.69, 9.17) is 4.74 Å². The number of hydrogen-bond donors (Lipinski definition) is 0. The van der Waals surface area contributed by atoms with Gasteiger partial charge in [-0.25, -0.2) is 14.4 Å². The van der Waals surface area contributed by atoms with Gasteiger partial charge < -0.3 is 4.74 Å². The molecule has 1 aromatic heterocycles. The molecule has 0 bridgehead atoms. The second kappa shape index (κ2) is 15.3. The van der Waals surface area contributed by atoms with Gasteiger partial charge in [-0.05, 0) is 55.2 Å². The van der Waals surface area contributed by atoms with Crippen LogP contribution < -0.4 is 4.74 Å². The molecule has 0 fully saturated rings. The SMILES string of the molecule is CCCCCCCCCCCCc1ccc(-c2cnc(-c3ccc(OCC(C)F)cc3)nc2)cc1. The van der Waals surface area contributed by atoms with Crippen LogP contribution >= 0.6 is 0 Å². The fourth-order valence-electron chi connectivity index (χ4n) is 4.22. The van der Waals surface area contributed by atoms with Crippen molar-refractivity contribution in [2.75, 3.05) is 6.61 Å². The van der Waals surface area contributed by atoms with Crippen LogP contribution in [0.4, 0.5) is 4.39 Å². The van der Waals surface area contributed by atoms with Crippen molar-refractivity contribution in [1.82, 2.24) is 9.97 Å². The number of alkyl halides is 1. The van der Waals surface area contributed by atoms with Crippen LogP contribution in [0.1, 0.15) is 83.6 Å². The molecule has 1 atom stereocenters. The summed E-state index contributed by atoms with van der Waals surface area (Å²) in [6, 6.07) is 16.2. The molecule has 0 N–H and O–H groups in total. The summed E-state index contributed by atoms with van der Waals surface area (Å²) in [6.45, 7) is 3.82. The number of aryl methyl sites for hydroxylation is 1. The summed E-state index contributed by atoms with van der Waals surface area (Å²) in [5.41, 5.74) is 4.45. The number of nitrogens with zero attached hydrogens (tertiary/aromatic N) is 2. The van der Waals surface area contributed by atoms with E-state index in [0.29, 0.717) is 11.6 Å². The topological polar surface area (TPSA) is 35.0 Å².